The fourth-order valence-corrected chi connectivity index (χ4v) is 5.62. The minimum atomic E-state index is 0.949. The number of rotatable bonds is 8. The number of halogens is 1. The first-order chi connectivity index (χ1) is 14.7. The van der Waals surface area contributed by atoms with E-state index in [4.69, 9.17) is 4.42 Å². The van der Waals surface area contributed by atoms with Crippen molar-refractivity contribution in [3.8, 4) is 11.3 Å². The lowest BCUT2D eigenvalue weighted by Gasteiger charge is -2.07. The van der Waals surface area contributed by atoms with Gasteiger partial charge in [0.05, 0.1) is 9.79 Å². The second-order valence-corrected chi connectivity index (χ2v) is 10.0. The fourth-order valence-electron chi connectivity index (χ4n) is 3.15. The minimum Gasteiger partial charge on any atom is -0.459 e. The van der Waals surface area contributed by atoms with Gasteiger partial charge in [-0.2, -0.15) is 0 Å². The van der Waals surface area contributed by atoms with Crippen molar-refractivity contribution in [2.24, 2.45) is 0 Å². The van der Waals surface area contributed by atoms with Crippen LogP contribution >= 0.6 is 39.5 Å². The summed E-state index contributed by atoms with van der Waals surface area (Å²) in [6.45, 7) is 2.22. The largest absolute Gasteiger partial charge is 0.459 e. The summed E-state index contributed by atoms with van der Waals surface area (Å²) in [5, 5.41) is 0. The molecular formula is C26H23BrOS2. The average Bonchev–Trinajstić information content (AvgIpc) is 3.11. The van der Waals surface area contributed by atoms with Gasteiger partial charge >= 0.3 is 0 Å². The lowest BCUT2D eigenvalue weighted by molar-refractivity contribution is 0.502. The zero-order valence-electron chi connectivity index (χ0n) is 16.8. The molecule has 0 spiro atoms. The molecule has 3 aromatic carbocycles. The fraction of sp³-hybridized carbons (Fsp3) is 0.154. The van der Waals surface area contributed by atoms with Crippen LogP contribution in [0, 0.1) is 0 Å². The Morgan fingerprint density at radius 3 is 1.87 bits per heavy atom. The van der Waals surface area contributed by atoms with Crippen molar-refractivity contribution in [3.05, 3.63) is 95.2 Å². The van der Waals surface area contributed by atoms with Crippen LogP contribution in [0.4, 0.5) is 0 Å². The maximum atomic E-state index is 6.56. The van der Waals surface area contributed by atoms with Crippen LogP contribution in [0.15, 0.2) is 113 Å². The van der Waals surface area contributed by atoms with Crippen LogP contribution in [0.5, 0.6) is 0 Å². The lowest BCUT2D eigenvalue weighted by Crippen LogP contribution is -1.85. The van der Waals surface area contributed by atoms with E-state index in [-0.39, 0.29) is 0 Å². The highest BCUT2D eigenvalue weighted by Gasteiger charge is 2.23. The van der Waals surface area contributed by atoms with E-state index in [1.165, 1.54) is 19.6 Å². The van der Waals surface area contributed by atoms with Crippen LogP contribution in [-0.4, -0.2) is 0 Å². The molecule has 0 aliphatic rings. The van der Waals surface area contributed by atoms with Gasteiger partial charge in [-0.15, -0.1) is 0 Å². The van der Waals surface area contributed by atoms with Gasteiger partial charge < -0.3 is 4.42 Å². The molecule has 0 fully saturated rings. The van der Waals surface area contributed by atoms with Crippen LogP contribution in [0.25, 0.3) is 11.3 Å². The van der Waals surface area contributed by atoms with Gasteiger partial charge in [0.15, 0.2) is 0 Å². The van der Waals surface area contributed by atoms with E-state index >= 15 is 0 Å². The topological polar surface area (TPSA) is 13.1 Å². The Bertz CT molecular complexity index is 1070. The highest BCUT2D eigenvalue weighted by Crippen LogP contribution is 2.48. The summed E-state index contributed by atoms with van der Waals surface area (Å²) >= 11 is 7.14. The van der Waals surface area contributed by atoms with Crippen molar-refractivity contribution in [2.75, 3.05) is 0 Å². The summed E-state index contributed by atoms with van der Waals surface area (Å²) in [7, 11) is 0. The highest BCUT2D eigenvalue weighted by molar-refractivity contribution is 9.10. The van der Waals surface area contributed by atoms with Gasteiger partial charge in [0.2, 0.25) is 0 Å². The summed E-state index contributed by atoms with van der Waals surface area (Å²) in [5.41, 5.74) is 1.11. The van der Waals surface area contributed by atoms with Crippen LogP contribution in [0.1, 0.15) is 25.5 Å². The van der Waals surface area contributed by atoms with Crippen LogP contribution in [0.2, 0.25) is 0 Å². The Morgan fingerprint density at radius 1 is 0.733 bits per heavy atom. The van der Waals surface area contributed by atoms with E-state index in [0.717, 1.165) is 40.8 Å². The highest BCUT2D eigenvalue weighted by atomic mass is 79.9. The lowest BCUT2D eigenvalue weighted by atomic mass is 10.2. The van der Waals surface area contributed by atoms with Crippen molar-refractivity contribution in [1.29, 1.82) is 0 Å². The first-order valence-corrected chi connectivity index (χ1v) is 12.5. The molecule has 1 nitrogen and oxygen atoms in total. The van der Waals surface area contributed by atoms with Gasteiger partial charge in [-0.1, -0.05) is 101 Å². The smallest absolute Gasteiger partial charge is 0.149 e. The molecule has 4 heteroatoms. The van der Waals surface area contributed by atoms with Crippen molar-refractivity contribution in [2.45, 2.75) is 45.8 Å². The van der Waals surface area contributed by atoms with Crippen LogP contribution in [0.3, 0.4) is 0 Å². The second-order valence-electron chi connectivity index (χ2n) is 6.95. The van der Waals surface area contributed by atoms with Gasteiger partial charge in [-0.25, -0.2) is 0 Å². The summed E-state index contributed by atoms with van der Waals surface area (Å²) in [6, 6.07) is 29.5. The molecule has 0 atom stereocenters. The van der Waals surface area contributed by atoms with Gasteiger partial charge in [-0.05, 0) is 42.8 Å². The summed E-state index contributed by atoms with van der Waals surface area (Å²) in [4.78, 5) is 4.88. The maximum Gasteiger partial charge on any atom is 0.149 e. The van der Waals surface area contributed by atoms with E-state index < -0.39 is 0 Å². The first kappa shape index (κ1) is 21.4. The first-order valence-electron chi connectivity index (χ1n) is 10.1. The normalized spacial score (nSPS) is 11.0. The molecule has 0 saturated carbocycles. The van der Waals surface area contributed by atoms with E-state index in [2.05, 4.69) is 108 Å². The summed E-state index contributed by atoms with van der Waals surface area (Å²) in [6.07, 6.45) is 3.21. The number of unbranched alkanes of at least 4 members (excludes halogenated alkanes) is 1. The molecule has 0 unspecified atom stereocenters. The van der Waals surface area contributed by atoms with Crippen molar-refractivity contribution in [1.82, 2.24) is 0 Å². The molecule has 1 aromatic heterocycles. The molecule has 0 saturated heterocycles. The third-order valence-corrected chi connectivity index (χ3v) is 7.58. The van der Waals surface area contributed by atoms with Crippen molar-refractivity contribution < 1.29 is 4.42 Å². The molecule has 0 radical (unpaired) electrons. The number of aryl methyl sites for hydroxylation is 1. The third-order valence-electron chi connectivity index (χ3n) is 4.68. The molecule has 1 heterocycles. The zero-order valence-corrected chi connectivity index (χ0v) is 20.0. The molecule has 0 N–H and O–H groups in total. The predicted octanol–water partition coefficient (Wildman–Crippen LogP) is 9.35. The quantitative estimate of drug-likeness (QED) is 0.242. The van der Waals surface area contributed by atoms with Gasteiger partial charge in [0.1, 0.15) is 11.5 Å². The monoisotopic (exact) mass is 494 g/mol. The van der Waals surface area contributed by atoms with Crippen molar-refractivity contribution in [3.63, 3.8) is 0 Å². The number of hydrogen-bond acceptors (Lipinski definition) is 3. The average molecular weight is 496 g/mol. The van der Waals surface area contributed by atoms with Gasteiger partial charge in [0.25, 0.3) is 0 Å². The molecule has 0 bridgehead atoms. The molecule has 0 aliphatic carbocycles. The van der Waals surface area contributed by atoms with Gasteiger partial charge in [-0.3, -0.25) is 0 Å². The Labute approximate surface area is 195 Å². The molecule has 4 aromatic rings. The Morgan fingerprint density at radius 2 is 1.30 bits per heavy atom. The molecule has 30 heavy (non-hydrogen) atoms. The number of hydrogen-bond donors (Lipinski definition) is 0. The Balaban J connectivity index is 1.84. The number of furan rings is 1. The molecule has 4 rings (SSSR count). The van der Waals surface area contributed by atoms with E-state index in [1.54, 1.807) is 23.5 Å². The second kappa shape index (κ2) is 10.4. The molecule has 0 amide bonds. The van der Waals surface area contributed by atoms with E-state index in [0.29, 0.717) is 0 Å². The molecular weight excluding hydrogens is 472 g/mol. The molecule has 0 aliphatic heterocycles. The maximum absolute atomic E-state index is 6.56. The number of benzene rings is 3. The molecule has 152 valence electrons. The van der Waals surface area contributed by atoms with E-state index in [1.807, 2.05) is 0 Å². The summed E-state index contributed by atoms with van der Waals surface area (Å²) < 4.78 is 7.63. The SMILES string of the molecule is CCCCc1oc(-c2ccc(Br)cc2)c(Sc2ccccc2)c1Sc1ccccc1. The van der Waals surface area contributed by atoms with Crippen molar-refractivity contribution >= 4 is 39.5 Å². The van der Waals surface area contributed by atoms with Crippen LogP contribution in [-0.2, 0) is 6.42 Å². The van der Waals surface area contributed by atoms with Crippen LogP contribution < -0.4 is 0 Å². The predicted molar refractivity (Wildman–Crippen MR) is 132 cm³/mol. The van der Waals surface area contributed by atoms with Gasteiger partial charge in [0, 0.05) is 26.2 Å². The standard InChI is InChI=1S/C26H23BrOS2/c1-2-3-14-23-25(29-21-10-6-4-7-11-21)26(30-22-12-8-5-9-13-22)24(28-23)19-15-17-20(27)18-16-19/h4-13,15-18H,2-3,14H2,1H3. The zero-order chi connectivity index (χ0) is 20.8. The minimum absolute atomic E-state index is 0.949. The third kappa shape index (κ3) is 5.23. The Kier molecular flexibility index (Phi) is 7.42. The summed E-state index contributed by atoms with van der Waals surface area (Å²) in [5.74, 6) is 2.04. The Hall–Kier alpha value is -1.88. The van der Waals surface area contributed by atoms with E-state index in [9.17, 15) is 0 Å².